The maximum absolute atomic E-state index is 12.2. The second-order valence-corrected chi connectivity index (χ2v) is 5.43. The summed E-state index contributed by atoms with van der Waals surface area (Å²) < 4.78 is 9.81. The van der Waals surface area contributed by atoms with Crippen molar-refractivity contribution in [2.75, 3.05) is 13.7 Å². The summed E-state index contributed by atoms with van der Waals surface area (Å²) in [6.07, 6.45) is 1.01. The molecular weight excluding hydrogens is 298 g/mol. The smallest absolute Gasteiger partial charge is 0.410 e. The van der Waals surface area contributed by atoms with Crippen molar-refractivity contribution >= 4 is 17.8 Å². The SMILES string of the molecule is COC(=O)CCC(=O)[C@@H]1CCCN1C(=O)OCc1ccccc1. The summed E-state index contributed by atoms with van der Waals surface area (Å²) in [6, 6.07) is 8.88. The molecule has 0 saturated carbocycles. The van der Waals surface area contributed by atoms with Crippen molar-refractivity contribution in [3.8, 4) is 0 Å². The second kappa shape index (κ2) is 8.31. The van der Waals surface area contributed by atoms with E-state index >= 15 is 0 Å². The number of carbonyl (C=O) groups is 3. The van der Waals surface area contributed by atoms with Crippen LogP contribution in [-0.2, 0) is 25.7 Å². The minimum Gasteiger partial charge on any atom is -0.469 e. The second-order valence-electron chi connectivity index (χ2n) is 5.43. The van der Waals surface area contributed by atoms with Crippen LogP contribution in [0.3, 0.4) is 0 Å². The van der Waals surface area contributed by atoms with E-state index in [-0.39, 0.29) is 25.2 Å². The first kappa shape index (κ1) is 17.0. The average Bonchev–Trinajstić information content (AvgIpc) is 3.08. The highest BCUT2D eigenvalue weighted by atomic mass is 16.6. The number of hydrogen-bond acceptors (Lipinski definition) is 5. The number of benzene rings is 1. The Kier molecular flexibility index (Phi) is 6.14. The van der Waals surface area contributed by atoms with Crippen molar-refractivity contribution < 1.29 is 23.9 Å². The first-order valence-corrected chi connectivity index (χ1v) is 7.68. The predicted molar refractivity (Wildman–Crippen MR) is 82.6 cm³/mol. The maximum Gasteiger partial charge on any atom is 0.410 e. The van der Waals surface area contributed by atoms with Gasteiger partial charge in [-0.25, -0.2) is 4.79 Å². The Labute approximate surface area is 135 Å². The molecule has 1 aliphatic heterocycles. The van der Waals surface area contributed by atoms with Crippen molar-refractivity contribution in [2.24, 2.45) is 0 Å². The monoisotopic (exact) mass is 319 g/mol. The molecule has 1 aromatic carbocycles. The number of amides is 1. The van der Waals surface area contributed by atoms with Crippen molar-refractivity contribution in [3.63, 3.8) is 0 Å². The zero-order chi connectivity index (χ0) is 16.7. The van der Waals surface area contributed by atoms with Gasteiger partial charge in [-0.1, -0.05) is 30.3 Å². The lowest BCUT2D eigenvalue weighted by atomic mass is 10.1. The molecule has 1 heterocycles. The van der Waals surface area contributed by atoms with Crippen LogP contribution in [0, 0.1) is 0 Å². The Hall–Kier alpha value is -2.37. The zero-order valence-electron chi connectivity index (χ0n) is 13.2. The molecule has 6 heteroatoms. The lowest BCUT2D eigenvalue weighted by Gasteiger charge is -2.23. The molecule has 1 saturated heterocycles. The van der Waals surface area contributed by atoms with Gasteiger partial charge in [0.2, 0.25) is 0 Å². The summed E-state index contributed by atoms with van der Waals surface area (Å²) >= 11 is 0. The van der Waals surface area contributed by atoms with Gasteiger partial charge in [0.1, 0.15) is 6.61 Å². The Balaban J connectivity index is 1.86. The Morgan fingerprint density at radius 1 is 1.17 bits per heavy atom. The van der Waals surface area contributed by atoms with Gasteiger partial charge in [0.15, 0.2) is 5.78 Å². The van der Waals surface area contributed by atoms with Crippen LogP contribution in [0.1, 0.15) is 31.2 Å². The molecule has 0 radical (unpaired) electrons. The lowest BCUT2D eigenvalue weighted by Crippen LogP contribution is -2.40. The van der Waals surface area contributed by atoms with Crippen molar-refractivity contribution in [1.29, 1.82) is 0 Å². The van der Waals surface area contributed by atoms with E-state index in [4.69, 9.17) is 4.74 Å². The molecule has 1 amide bonds. The fraction of sp³-hybridized carbons (Fsp3) is 0.471. The summed E-state index contributed by atoms with van der Waals surface area (Å²) in [7, 11) is 1.29. The summed E-state index contributed by atoms with van der Waals surface area (Å²) in [4.78, 5) is 37.0. The fourth-order valence-corrected chi connectivity index (χ4v) is 2.62. The van der Waals surface area contributed by atoms with Gasteiger partial charge in [-0.05, 0) is 18.4 Å². The van der Waals surface area contributed by atoms with E-state index in [2.05, 4.69) is 4.74 Å². The van der Waals surface area contributed by atoms with Gasteiger partial charge in [0, 0.05) is 13.0 Å². The number of carbonyl (C=O) groups excluding carboxylic acids is 3. The van der Waals surface area contributed by atoms with E-state index in [0.29, 0.717) is 13.0 Å². The number of likely N-dealkylation sites (tertiary alicyclic amines) is 1. The molecular formula is C17H21NO5. The van der Waals surface area contributed by atoms with Crippen LogP contribution < -0.4 is 0 Å². The van der Waals surface area contributed by atoms with Crippen molar-refractivity contribution in [1.82, 2.24) is 4.90 Å². The van der Waals surface area contributed by atoms with E-state index < -0.39 is 18.1 Å². The van der Waals surface area contributed by atoms with Gasteiger partial charge < -0.3 is 9.47 Å². The first-order chi connectivity index (χ1) is 11.1. The van der Waals surface area contributed by atoms with Gasteiger partial charge >= 0.3 is 12.1 Å². The minimum absolute atomic E-state index is 0.0404. The molecule has 0 bridgehead atoms. The number of ketones is 1. The normalized spacial score (nSPS) is 16.9. The molecule has 1 aliphatic rings. The Morgan fingerprint density at radius 3 is 2.61 bits per heavy atom. The van der Waals surface area contributed by atoms with E-state index in [0.717, 1.165) is 12.0 Å². The third kappa shape index (κ3) is 4.81. The summed E-state index contributed by atoms with van der Waals surface area (Å²) in [6.45, 7) is 0.682. The maximum atomic E-state index is 12.2. The fourth-order valence-electron chi connectivity index (χ4n) is 2.62. The number of hydrogen-bond donors (Lipinski definition) is 0. The van der Waals surface area contributed by atoms with Gasteiger partial charge in [0.25, 0.3) is 0 Å². The van der Waals surface area contributed by atoms with E-state index in [1.54, 1.807) is 0 Å². The lowest BCUT2D eigenvalue weighted by molar-refractivity contribution is -0.142. The first-order valence-electron chi connectivity index (χ1n) is 7.68. The van der Waals surface area contributed by atoms with Crippen LogP contribution >= 0.6 is 0 Å². The van der Waals surface area contributed by atoms with Crippen LogP contribution in [0.4, 0.5) is 4.79 Å². The number of methoxy groups -OCH3 is 1. The highest BCUT2D eigenvalue weighted by molar-refractivity contribution is 5.90. The minimum atomic E-state index is -0.497. The van der Waals surface area contributed by atoms with Crippen LogP contribution in [0.2, 0.25) is 0 Å². The summed E-state index contributed by atoms with van der Waals surface area (Å²) in [5.74, 6) is -0.542. The molecule has 1 atom stereocenters. The van der Waals surface area contributed by atoms with Crippen LogP contribution in [0.5, 0.6) is 0 Å². The molecule has 6 nitrogen and oxygen atoms in total. The number of esters is 1. The third-order valence-electron chi connectivity index (χ3n) is 3.87. The van der Waals surface area contributed by atoms with Gasteiger partial charge in [-0.15, -0.1) is 0 Å². The molecule has 124 valence electrons. The van der Waals surface area contributed by atoms with Gasteiger partial charge in [0.05, 0.1) is 19.6 Å². The molecule has 0 unspecified atom stereocenters. The quantitative estimate of drug-likeness (QED) is 0.752. The standard InChI is InChI=1S/C17H21NO5/c1-22-16(20)10-9-15(19)14-8-5-11-18(14)17(21)23-12-13-6-3-2-4-7-13/h2-4,6-7,14H,5,8-12H2,1H3/t14-/m0/s1. The molecule has 0 N–H and O–H groups in total. The summed E-state index contributed by atoms with van der Waals surface area (Å²) in [5.41, 5.74) is 0.897. The van der Waals surface area contributed by atoms with E-state index in [1.165, 1.54) is 12.0 Å². The molecule has 1 aromatic rings. The molecule has 0 spiro atoms. The highest BCUT2D eigenvalue weighted by Crippen LogP contribution is 2.21. The Bertz CT molecular complexity index is 557. The molecule has 1 fully saturated rings. The Morgan fingerprint density at radius 2 is 1.91 bits per heavy atom. The number of rotatable bonds is 6. The summed E-state index contributed by atoms with van der Waals surface area (Å²) in [5, 5.41) is 0. The van der Waals surface area contributed by atoms with E-state index in [1.807, 2.05) is 30.3 Å². The number of Topliss-reactive ketones (excluding diaryl/α,β-unsaturated/α-hetero) is 1. The third-order valence-corrected chi connectivity index (χ3v) is 3.87. The molecule has 23 heavy (non-hydrogen) atoms. The van der Waals surface area contributed by atoms with Gasteiger partial charge in [-0.2, -0.15) is 0 Å². The molecule has 0 aromatic heterocycles. The van der Waals surface area contributed by atoms with Crippen LogP contribution in [0.25, 0.3) is 0 Å². The number of ether oxygens (including phenoxy) is 2. The topological polar surface area (TPSA) is 72.9 Å². The number of nitrogens with zero attached hydrogens (tertiary/aromatic N) is 1. The predicted octanol–water partition coefficient (Wildman–Crippen LogP) is 2.31. The highest BCUT2D eigenvalue weighted by Gasteiger charge is 2.34. The average molecular weight is 319 g/mol. The molecule has 2 rings (SSSR count). The van der Waals surface area contributed by atoms with Crippen molar-refractivity contribution in [3.05, 3.63) is 35.9 Å². The zero-order valence-corrected chi connectivity index (χ0v) is 13.2. The largest absolute Gasteiger partial charge is 0.469 e. The molecule has 0 aliphatic carbocycles. The van der Waals surface area contributed by atoms with Crippen molar-refractivity contribution in [2.45, 2.75) is 38.3 Å². The van der Waals surface area contributed by atoms with Gasteiger partial charge in [-0.3, -0.25) is 14.5 Å². The van der Waals surface area contributed by atoms with Crippen LogP contribution in [0.15, 0.2) is 30.3 Å². The van der Waals surface area contributed by atoms with E-state index in [9.17, 15) is 14.4 Å². The van der Waals surface area contributed by atoms with Crippen LogP contribution in [-0.4, -0.2) is 42.4 Å².